The van der Waals surface area contributed by atoms with E-state index in [1.165, 1.54) is 6.07 Å². The molecule has 3 aliphatic heterocycles. The standard InChI is InChI=1S/C31H31ClN6O3/c1-18-14-26-24(17-36(18)30(40)22-9-12-25(32)27(15-22)33-4)29-31(41)37(16-19(2)38(29)34-26)20(3)21-7-10-23(11-8-21)35-13-5-6-28(35)39/h7-12,15,18-20H,5-6,13-14,16-17H2,1-3H3/t18-,19-,20?/m1/s1. The predicted octanol–water partition coefficient (Wildman–Crippen LogP) is 5.58. The van der Waals surface area contributed by atoms with Gasteiger partial charge >= 0.3 is 0 Å². The number of fused-ring (bicyclic) bond motifs is 3. The summed E-state index contributed by atoms with van der Waals surface area (Å²) < 4.78 is 1.83. The smallest absolute Gasteiger partial charge is 0.273 e. The van der Waals surface area contributed by atoms with Crippen LogP contribution in [0.1, 0.15) is 83.4 Å². The molecular formula is C31H31ClN6O3. The molecule has 41 heavy (non-hydrogen) atoms. The van der Waals surface area contributed by atoms with Crippen LogP contribution >= 0.6 is 11.6 Å². The first-order valence-corrected chi connectivity index (χ1v) is 14.3. The fourth-order valence-electron chi connectivity index (χ4n) is 6.23. The third kappa shape index (κ3) is 4.56. The summed E-state index contributed by atoms with van der Waals surface area (Å²) in [5.41, 5.74) is 4.68. The highest BCUT2D eigenvalue weighted by Gasteiger charge is 2.40. The molecule has 1 fully saturated rings. The van der Waals surface area contributed by atoms with Gasteiger partial charge in [0.05, 0.1) is 30.9 Å². The monoisotopic (exact) mass is 570 g/mol. The summed E-state index contributed by atoms with van der Waals surface area (Å²) in [6.45, 7) is 14.9. The third-order valence-corrected chi connectivity index (χ3v) is 8.90. The van der Waals surface area contributed by atoms with Crippen molar-refractivity contribution in [2.24, 2.45) is 0 Å². The Kier molecular flexibility index (Phi) is 6.82. The fourth-order valence-corrected chi connectivity index (χ4v) is 6.39. The SMILES string of the molecule is [C-]#[N+]c1cc(C(=O)N2Cc3c(nn4c3C(=O)N(C(C)c3ccc(N5CCCC5=O)cc3)C[C@H]4C)C[C@H]2C)ccc1Cl. The number of amides is 3. The molecule has 0 N–H and O–H groups in total. The molecule has 1 unspecified atom stereocenters. The van der Waals surface area contributed by atoms with E-state index in [2.05, 4.69) is 11.8 Å². The van der Waals surface area contributed by atoms with Crippen molar-refractivity contribution in [1.82, 2.24) is 19.6 Å². The van der Waals surface area contributed by atoms with Crippen LogP contribution in [0.2, 0.25) is 5.02 Å². The van der Waals surface area contributed by atoms with Gasteiger partial charge in [0.15, 0.2) is 0 Å². The van der Waals surface area contributed by atoms with Gasteiger partial charge in [0.2, 0.25) is 11.6 Å². The van der Waals surface area contributed by atoms with E-state index in [0.29, 0.717) is 35.7 Å². The zero-order valence-corrected chi connectivity index (χ0v) is 24.1. The Labute approximate surface area is 244 Å². The summed E-state index contributed by atoms with van der Waals surface area (Å²) in [7, 11) is 0. The number of carbonyl (C=O) groups excluding carboxylic acids is 3. The third-order valence-electron chi connectivity index (χ3n) is 8.59. The lowest BCUT2D eigenvalue weighted by atomic mass is 9.96. The maximum Gasteiger partial charge on any atom is 0.273 e. The van der Waals surface area contributed by atoms with E-state index in [4.69, 9.17) is 23.3 Å². The lowest BCUT2D eigenvalue weighted by Gasteiger charge is -2.37. The molecule has 0 bridgehead atoms. The molecule has 4 heterocycles. The van der Waals surface area contributed by atoms with E-state index < -0.39 is 0 Å². The second kappa shape index (κ2) is 10.3. The van der Waals surface area contributed by atoms with Gasteiger partial charge in [-0.05, 0) is 51.0 Å². The first-order valence-electron chi connectivity index (χ1n) is 14.0. The molecule has 1 saturated heterocycles. The van der Waals surface area contributed by atoms with E-state index in [-0.39, 0.29) is 48.1 Å². The first kappa shape index (κ1) is 27.0. The second-order valence-electron chi connectivity index (χ2n) is 11.2. The summed E-state index contributed by atoms with van der Waals surface area (Å²) in [5, 5.41) is 5.15. The van der Waals surface area contributed by atoms with Gasteiger partial charge in [0, 0.05) is 53.8 Å². The number of hydrogen-bond acceptors (Lipinski definition) is 4. The van der Waals surface area contributed by atoms with Gasteiger partial charge < -0.3 is 14.7 Å². The summed E-state index contributed by atoms with van der Waals surface area (Å²) >= 11 is 6.10. The van der Waals surface area contributed by atoms with Crippen LogP contribution in [0, 0.1) is 6.57 Å². The maximum atomic E-state index is 14.0. The number of benzene rings is 2. The highest BCUT2D eigenvalue weighted by Crippen LogP contribution is 2.36. The van der Waals surface area contributed by atoms with Crippen LogP contribution in [-0.2, 0) is 17.8 Å². The molecule has 1 aromatic heterocycles. The summed E-state index contributed by atoms with van der Waals surface area (Å²) in [6, 6.07) is 12.3. The molecule has 210 valence electrons. The lowest BCUT2D eigenvalue weighted by Crippen LogP contribution is -2.45. The highest BCUT2D eigenvalue weighted by atomic mass is 35.5. The van der Waals surface area contributed by atoms with Gasteiger partial charge in [-0.3, -0.25) is 19.1 Å². The number of anilines is 1. The number of nitrogens with zero attached hydrogens (tertiary/aromatic N) is 6. The minimum atomic E-state index is -0.206. The van der Waals surface area contributed by atoms with Gasteiger partial charge in [0.25, 0.3) is 11.8 Å². The van der Waals surface area contributed by atoms with Crippen LogP contribution in [0.5, 0.6) is 0 Å². The molecule has 0 aliphatic carbocycles. The van der Waals surface area contributed by atoms with Crippen LogP contribution in [0.3, 0.4) is 0 Å². The zero-order valence-electron chi connectivity index (χ0n) is 23.3. The topological polar surface area (TPSA) is 83.1 Å². The maximum absolute atomic E-state index is 14.0. The van der Waals surface area contributed by atoms with E-state index >= 15 is 0 Å². The fraction of sp³-hybridized carbons (Fsp3) is 0.387. The minimum absolute atomic E-state index is 0.0332. The molecule has 10 heteroatoms. The van der Waals surface area contributed by atoms with E-state index in [1.807, 2.05) is 52.6 Å². The van der Waals surface area contributed by atoms with Gasteiger partial charge in [-0.25, -0.2) is 4.85 Å². The number of carbonyl (C=O) groups is 3. The summed E-state index contributed by atoms with van der Waals surface area (Å²) in [4.78, 5) is 48.6. The quantitative estimate of drug-likeness (QED) is 0.383. The largest absolute Gasteiger partial charge is 0.331 e. The molecule has 3 aliphatic rings. The van der Waals surface area contributed by atoms with Crippen molar-refractivity contribution in [3.05, 3.63) is 87.0 Å². The van der Waals surface area contributed by atoms with Crippen LogP contribution in [0.25, 0.3) is 4.85 Å². The van der Waals surface area contributed by atoms with E-state index in [9.17, 15) is 14.4 Å². The van der Waals surface area contributed by atoms with Crippen molar-refractivity contribution in [2.45, 2.75) is 64.7 Å². The van der Waals surface area contributed by atoms with Crippen LogP contribution < -0.4 is 4.90 Å². The van der Waals surface area contributed by atoms with Gasteiger partial charge in [-0.1, -0.05) is 35.9 Å². The van der Waals surface area contributed by atoms with Crippen molar-refractivity contribution in [1.29, 1.82) is 0 Å². The average molecular weight is 571 g/mol. The number of hydrogen-bond donors (Lipinski definition) is 0. The molecule has 0 saturated carbocycles. The molecule has 9 nitrogen and oxygen atoms in total. The Morgan fingerprint density at radius 2 is 1.88 bits per heavy atom. The summed E-state index contributed by atoms with van der Waals surface area (Å²) in [5.74, 6) is -0.164. The van der Waals surface area contributed by atoms with Crippen LogP contribution in [-0.4, -0.2) is 56.4 Å². The number of rotatable bonds is 4. The minimum Gasteiger partial charge on any atom is -0.331 e. The zero-order chi connectivity index (χ0) is 29.0. The Hall–Kier alpha value is -4.16. The summed E-state index contributed by atoms with van der Waals surface area (Å²) in [6.07, 6.45) is 2.00. The Balaban J connectivity index is 1.27. The Morgan fingerprint density at radius 1 is 1.12 bits per heavy atom. The van der Waals surface area contributed by atoms with Crippen molar-refractivity contribution in [3.63, 3.8) is 0 Å². The number of halogens is 1. The van der Waals surface area contributed by atoms with Crippen LogP contribution in [0.15, 0.2) is 42.5 Å². The number of aromatic nitrogens is 2. The van der Waals surface area contributed by atoms with E-state index in [0.717, 1.165) is 35.5 Å². The molecule has 0 radical (unpaired) electrons. The Morgan fingerprint density at radius 3 is 2.56 bits per heavy atom. The Bertz CT molecular complexity index is 1610. The van der Waals surface area contributed by atoms with Crippen molar-refractivity contribution < 1.29 is 14.4 Å². The molecular weight excluding hydrogens is 540 g/mol. The van der Waals surface area contributed by atoms with Gasteiger partial charge in [-0.15, -0.1) is 0 Å². The highest BCUT2D eigenvalue weighted by molar-refractivity contribution is 6.33. The second-order valence-corrected chi connectivity index (χ2v) is 11.6. The first-order chi connectivity index (χ1) is 19.7. The van der Waals surface area contributed by atoms with Crippen LogP contribution in [0.4, 0.5) is 11.4 Å². The molecule has 3 atom stereocenters. The molecule has 6 rings (SSSR count). The van der Waals surface area contributed by atoms with Gasteiger partial charge in [0.1, 0.15) is 5.69 Å². The lowest BCUT2D eigenvalue weighted by molar-refractivity contribution is -0.117. The molecule has 3 amide bonds. The normalized spacial score (nSPS) is 21.0. The molecule has 3 aromatic rings. The van der Waals surface area contributed by atoms with Crippen molar-refractivity contribution in [3.8, 4) is 0 Å². The average Bonchev–Trinajstić information content (AvgIpc) is 3.57. The predicted molar refractivity (Wildman–Crippen MR) is 155 cm³/mol. The van der Waals surface area contributed by atoms with Crippen molar-refractivity contribution >= 4 is 40.7 Å². The van der Waals surface area contributed by atoms with Gasteiger partial charge in [-0.2, -0.15) is 5.10 Å². The molecule has 0 spiro atoms. The molecule has 2 aromatic carbocycles. The van der Waals surface area contributed by atoms with Crippen molar-refractivity contribution in [2.75, 3.05) is 18.0 Å². The van der Waals surface area contributed by atoms with E-state index in [1.54, 1.807) is 17.0 Å².